The maximum absolute atomic E-state index is 14.8. The Morgan fingerprint density at radius 3 is 2.61 bits per heavy atom. The van der Waals surface area contributed by atoms with E-state index in [0.717, 1.165) is 18.7 Å². The first-order chi connectivity index (χ1) is 15.1. The van der Waals surface area contributed by atoms with Crippen LogP contribution < -0.4 is 0 Å². The van der Waals surface area contributed by atoms with Gasteiger partial charge in [0.1, 0.15) is 5.82 Å². The van der Waals surface area contributed by atoms with E-state index in [9.17, 15) is 17.6 Å². The average Bonchev–Trinajstić information content (AvgIpc) is 3.34. The van der Waals surface area contributed by atoms with Gasteiger partial charge in [-0.15, -0.1) is 20.1 Å². The standard InChI is InChI=1S/C19H17ClF4N7O.Y/c1-9-3-11-7-18(6-9,17-27-26-10(2)32-17)30(11)28-14-5-15(31-25-8-16(20)29-31)12(4-13(14)21)19(22,23)24;/h4-5,8-9,11H,3,6-7H2,1-2H3;/q-1;/t9-,11+,18-;/m0./s1. The van der Waals surface area contributed by atoms with Crippen molar-refractivity contribution >= 4 is 17.3 Å². The van der Waals surface area contributed by atoms with Gasteiger partial charge in [0, 0.05) is 39.6 Å². The molecule has 2 fully saturated rings. The predicted octanol–water partition coefficient (Wildman–Crippen LogP) is 5.09. The van der Waals surface area contributed by atoms with E-state index >= 15 is 0 Å². The molecule has 2 aliphatic rings. The topological polar surface area (TPSA) is 87.0 Å². The first-order valence-corrected chi connectivity index (χ1v) is 10.2. The Balaban J connectivity index is 0.00000259. The van der Waals surface area contributed by atoms with Crippen LogP contribution >= 0.6 is 11.6 Å². The number of hydrogen-bond donors (Lipinski definition) is 0. The molecule has 173 valence electrons. The van der Waals surface area contributed by atoms with Crippen molar-refractivity contribution in [1.29, 1.82) is 0 Å². The molecule has 33 heavy (non-hydrogen) atoms. The summed E-state index contributed by atoms with van der Waals surface area (Å²) in [6, 6.07) is 1.35. The van der Waals surface area contributed by atoms with Gasteiger partial charge in [0.2, 0.25) is 11.8 Å². The van der Waals surface area contributed by atoms with Gasteiger partial charge in [0.15, 0.2) is 5.15 Å². The molecule has 1 aliphatic heterocycles. The monoisotopic (exact) mass is 559 g/mol. The number of rotatable bonds is 4. The van der Waals surface area contributed by atoms with Crippen molar-refractivity contribution in [2.45, 2.75) is 50.9 Å². The minimum Gasteiger partial charge on any atom is -0.616 e. The number of piperidine rings is 1. The van der Waals surface area contributed by atoms with Gasteiger partial charge >= 0.3 is 6.18 Å². The summed E-state index contributed by atoms with van der Waals surface area (Å²) >= 11 is 5.73. The van der Waals surface area contributed by atoms with E-state index in [2.05, 4.69) is 32.7 Å². The third-order valence-electron chi connectivity index (χ3n) is 5.91. The minimum absolute atomic E-state index is 0. The molecular formula is C19H17ClF4N7OY-. The van der Waals surface area contributed by atoms with Crippen molar-refractivity contribution in [3.05, 3.63) is 52.1 Å². The van der Waals surface area contributed by atoms with Crippen LogP contribution in [0, 0.1) is 18.7 Å². The molecule has 1 aliphatic carbocycles. The Labute approximate surface area is 215 Å². The summed E-state index contributed by atoms with van der Waals surface area (Å²) in [5.41, 5.74) is 1.71. The molecular weight excluding hydrogens is 543 g/mol. The van der Waals surface area contributed by atoms with Crippen LogP contribution in [0.25, 0.3) is 11.1 Å². The van der Waals surface area contributed by atoms with Crippen LogP contribution in [0.3, 0.4) is 0 Å². The van der Waals surface area contributed by atoms with E-state index in [-0.39, 0.29) is 49.6 Å². The molecule has 2 bridgehead atoms. The number of alkyl halides is 3. The van der Waals surface area contributed by atoms with Gasteiger partial charge in [-0.1, -0.05) is 24.2 Å². The third-order valence-corrected chi connectivity index (χ3v) is 6.08. The van der Waals surface area contributed by atoms with Crippen LogP contribution in [0.1, 0.15) is 43.5 Å². The fraction of sp³-hybridized carbons (Fsp3) is 0.474. The van der Waals surface area contributed by atoms with E-state index in [0.29, 0.717) is 41.4 Å². The zero-order chi connectivity index (χ0) is 22.8. The zero-order valence-electron chi connectivity index (χ0n) is 17.5. The number of nitrogens with zero attached hydrogens (tertiary/aromatic N) is 7. The Bertz CT molecular complexity index is 1190. The number of benzene rings is 1. The van der Waals surface area contributed by atoms with Crippen molar-refractivity contribution in [3.63, 3.8) is 0 Å². The molecule has 2 aromatic heterocycles. The molecule has 3 aromatic rings. The predicted molar refractivity (Wildman–Crippen MR) is 104 cm³/mol. The molecule has 0 amide bonds. The molecule has 8 nitrogen and oxygen atoms in total. The van der Waals surface area contributed by atoms with Gasteiger partial charge in [-0.3, -0.25) is 0 Å². The average molecular weight is 560 g/mol. The molecule has 0 spiro atoms. The quantitative estimate of drug-likeness (QED) is 0.414. The van der Waals surface area contributed by atoms with Crippen LogP contribution in [-0.2, 0) is 44.4 Å². The van der Waals surface area contributed by atoms with Gasteiger partial charge in [-0.05, 0) is 43.4 Å². The second-order valence-corrected chi connectivity index (χ2v) is 8.67. The molecule has 0 N–H and O–H groups in total. The normalized spacial score (nSPS) is 24.8. The van der Waals surface area contributed by atoms with Crippen LogP contribution in [0.2, 0.25) is 5.15 Å². The summed E-state index contributed by atoms with van der Waals surface area (Å²) in [6.45, 7) is 3.76. The summed E-state index contributed by atoms with van der Waals surface area (Å²) in [7, 11) is 0. The van der Waals surface area contributed by atoms with Crippen LogP contribution in [0.4, 0.5) is 23.2 Å². The van der Waals surface area contributed by atoms with E-state index in [1.807, 2.05) is 0 Å². The SMILES string of the molecule is Cc1nnc([C@]23C[C@@H](C)C[C@H](C2)N3[N-]c2cc(-n3ncc(Cl)n3)c(C(F)(F)F)cc2F)o1.[Y]. The van der Waals surface area contributed by atoms with E-state index in [1.165, 1.54) is 0 Å². The second kappa shape index (κ2) is 8.55. The van der Waals surface area contributed by atoms with Crippen molar-refractivity contribution in [2.75, 3.05) is 0 Å². The van der Waals surface area contributed by atoms with E-state index < -0.39 is 28.8 Å². The number of halogens is 5. The molecule has 14 heteroatoms. The molecule has 1 saturated heterocycles. The molecule has 0 unspecified atom stereocenters. The van der Waals surface area contributed by atoms with Gasteiger partial charge in [-0.25, -0.2) is 4.39 Å². The summed E-state index contributed by atoms with van der Waals surface area (Å²) in [6.07, 6.45) is -1.59. The fourth-order valence-corrected chi connectivity index (χ4v) is 4.84. The molecule has 1 aromatic carbocycles. The van der Waals surface area contributed by atoms with Gasteiger partial charge in [-0.2, -0.15) is 18.3 Å². The van der Waals surface area contributed by atoms with E-state index in [1.54, 1.807) is 11.9 Å². The van der Waals surface area contributed by atoms with Crippen LogP contribution in [-0.4, -0.2) is 36.2 Å². The Morgan fingerprint density at radius 1 is 1.24 bits per heavy atom. The first kappa shape index (κ1) is 24.5. The van der Waals surface area contributed by atoms with Crippen molar-refractivity contribution in [2.24, 2.45) is 5.92 Å². The number of hydrogen-bond acceptors (Lipinski definition) is 6. The van der Waals surface area contributed by atoms with Gasteiger partial charge < -0.3 is 14.9 Å². The van der Waals surface area contributed by atoms with Crippen molar-refractivity contribution in [1.82, 2.24) is 30.2 Å². The van der Waals surface area contributed by atoms with Crippen LogP contribution in [0.5, 0.6) is 0 Å². The summed E-state index contributed by atoms with van der Waals surface area (Å²) in [4.78, 5) is 0.708. The zero-order valence-corrected chi connectivity index (χ0v) is 21.1. The van der Waals surface area contributed by atoms with E-state index in [4.69, 9.17) is 16.0 Å². The van der Waals surface area contributed by atoms with Crippen molar-refractivity contribution < 1.29 is 54.7 Å². The van der Waals surface area contributed by atoms with Gasteiger partial charge in [0.25, 0.3) is 0 Å². The molecule has 1 saturated carbocycles. The molecule has 5 rings (SSSR count). The minimum atomic E-state index is -4.83. The largest absolute Gasteiger partial charge is 0.616 e. The smallest absolute Gasteiger partial charge is 0.418 e. The fourth-order valence-electron chi connectivity index (χ4n) is 4.72. The number of aryl methyl sites for hydroxylation is 1. The maximum Gasteiger partial charge on any atom is 0.418 e. The number of aromatic nitrogens is 5. The second-order valence-electron chi connectivity index (χ2n) is 8.28. The summed E-state index contributed by atoms with van der Waals surface area (Å²) in [5.74, 6) is -0.0136. The van der Waals surface area contributed by atoms with Crippen molar-refractivity contribution in [3.8, 4) is 5.69 Å². The summed E-state index contributed by atoms with van der Waals surface area (Å²) < 4.78 is 61.2. The van der Waals surface area contributed by atoms with Crippen LogP contribution in [0.15, 0.2) is 22.7 Å². The Hall–Kier alpha value is -1.63. The molecule has 3 atom stereocenters. The third kappa shape index (κ3) is 4.19. The van der Waals surface area contributed by atoms with Gasteiger partial charge in [0.05, 0.1) is 23.0 Å². The summed E-state index contributed by atoms with van der Waals surface area (Å²) in [5, 5.41) is 17.1. The number of fused-ring (bicyclic) bond motifs is 2. The first-order valence-electron chi connectivity index (χ1n) is 9.87. The molecule has 1 radical (unpaired) electrons. The Morgan fingerprint density at radius 2 is 2.00 bits per heavy atom. The maximum atomic E-state index is 14.8. The molecule has 3 heterocycles. The Kier molecular flexibility index (Phi) is 6.34.